The second-order valence-corrected chi connectivity index (χ2v) is 9.27. The van der Waals surface area contributed by atoms with Gasteiger partial charge in [-0.1, -0.05) is 17.7 Å². The molecule has 0 aliphatic carbocycles. The van der Waals surface area contributed by atoms with Crippen molar-refractivity contribution in [2.75, 3.05) is 13.7 Å². The Morgan fingerprint density at radius 1 is 1.30 bits per heavy atom. The predicted octanol–water partition coefficient (Wildman–Crippen LogP) is 2.31. The molecule has 0 fully saturated rings. The Morgan fingerprint density at radius 3 is 2.67 bits per heavy atom. The zero-order valence-electron chi connectivity index (χ0n) is 18.0. The second kappa shape index (κ2) is 10.5. The lowest BCUT2D eigenvalue weighted by Crippen LogP contribution is -2.35. The molecule has 2 aromatic rings. The van der Waals surface area contributed by atoms with E-state index < -0.39 is 43.3 Å². The number of nitrogens with zero attached hydrogens (tertiary/aromatic N) is 1. The first-order valence-corrected chi connectivity index (χ1v) is 11.7. The van der Waals surface area contributed by atoms with Crippen LogP contribution in [0, 0.1) is 6.92 Å². The van der Waals surface area contributed by atoms with Gasteiger partial charge in [0.15, 0.2) is 6.23 Å². The van der Waals surface area contributed by atoms with Crippen LogP contribution in [0.15, 0.2) is 52.2 Å². The van der Waals surface area contributed by atoms with Crippen molar-refractivity contribution in [1.82, 2.24) is 14.6 Å². The fraction of sp³-hybridized carbons (Fsp3) is 0.350. The average Bonchev–Trinajstić information content (AvgIpc) is 3.25. The molecule has 0 bridgehead atoms. The molecule has 1 unspecified atom stereocenters. The van der Waals surface area contributed by atoms with Gasteiger partial charge in [0.1, 0.15) is 17.9 Å². The minimum atomic E-state index is -4.07. The Labute approximate surface area is 193 Å². The second-order valence-electron chi connectivity index (χ2n) is 7.14. The van der Waals surface area contributed by atoms with Crippen molar-refractivity contribution in [3.8, 4) is 5.75 Å². The summed E-state index contributed by atoms with van der Waals surface area (Å²) >= 11 is 5.87. The van der Waals surface area contributed by atoms with Gasteiger partial charge in [-0.05, 0) is 44.2 Å². The summed E-state index contributed by atoms with van der Waals surface area (Å²) in [4.78, 5) is 37.7. The molecule has 0 amide bonds. The number of aromatic amines is 1. The van der Waals surface area contributed by atoms with E-state index in [0.29, 0.717) is 10.6 Å². The number of benzene rings is 1. The van der Waals surface area contributed by atoms with E-state index in [1.165, 1.54) is 36.9 Å². The Hall–Kier alpha value is -2.69. The SMILES string of the molecule is COC(=O)[C@@H](C)NP(=O)(OC[C@@H]1C=C[C@H](n2cc(C)c(=O)[nH]c2=O)O1)Oc1ccc(Cl)cc1. The Morgan fingerprint density at radius 2 is 2.00 bits per heavy atom. The molecule has 0 radical (unpaired) electrons. The van der Waals surface area contributed by atoms with Crippen LogP contribution in [0.25, 0.3) is 0 Å². The van der Waals surface area contributed by atoms with E-state index in [1.54, 1.807) is 31.2 Å². The highest BCUT2D eigenvalue weighted by Gasteiger charge is 2.34. The van der Waals surface area contributed by atoms with Crippen LogP contribution in [0.3, 0.4) is 0 Å². The van der Waals surface area contributed by atoms with Crippen molar-refractivity contribution in [2.24, 2.45) is 0 Å². The molecule has 13 heteroatoms. The van der Waals surface area contributed by atoms with Crippen molar-refractivity contribution < 1.29 is 27.9 Å². The van der Waals surface area contributed by atoms with Crippen LogP contribution in [-0.2, 0) is 23.4 Å². The van der Waals surface area contributed by atoms with Gasteiger partial charge >= 0.3 is 19.4 Å². The molecule has 0 saturated carbocycles. The van der Waals surface area contributed by atoms with E-state index in [1.807, 2.05) is 0 Å². The molecule has 1 aliphatic rings. The normalized spacial score (nSPS) is 20.2. The molecule has 33 heavy (non-hydrogen) atoms. The smallest absolute Gasteiger partial charge is 0.459 e. The quantitative estimate of drug-likeness (QED) is 0.302. The molecule has 2 heterocycles. The molecule has 1 aliphatic heterocycles. The van der Waals surface area contributed by atoms with Gasteiger partial charge in [-0.2, -0.15) is 5.09 Å². The third-order valence-corrected chi connectivity index (χ3v) is 6.47. The van der Waals surface area contributed by atoms with Gasteiger partial charge in [0.2, 0.25) is 0 Å². The Balaban J connectivity index is 1.71. The first kappa shape index (κ1) is 24.9. The maximum atomic E-state index is 13.4. The number of hydrogen-bond acceptors (Lipinski definition) is 8. The summed E-state index contributed by atoms with van der Waals surface area (Å²) in [5, 5.41) is 2.98. The van der Waals surface area contributed by atoms with Crippen LogP contribution >= 0.6 is 19.3 Å². The van der Waals surface area contributed by atoms with E-state index in [9.17, 15) is 18.9 Å². The standard InChI is InChI=1S/C20H23ClN3O8P/c1-12-10-24(20(27)22-18(12)25)17-9-8-16(31-17)11-30-33(28,23-13(2)19(26)29-3)32-15-6-4-14(21)5-7-15/h4-10,13,16-17H,11H2,1-3H3,(H,23,28)(H,22,25,27)/t13-,16+,17-,33?/m1/s1. The fourth-order valence-corrected chi connectivity index (χ4v) is 4.51. The van der Waals surface area contributed by atoms with Gasteiger partial charge in [-0.3, -0.25) is 23.7 Å². The number of aryl methyl sites for hydroxylation is 1. The molecular formula is C20H23ClN3O8P. The third kappa shape index (κ3) is 6.43. The van der Waals surface area contributed by atoms with Gasteiger partial charge in [0.25, 0.3) is 5.56 Å². The average molecular weight is 500 g/mol. The summed E-state index contributed by atoms with van der Waals surface area (Å²) < 4.78 is 36.0. The lowest BCUT2D eigenvalue weighted by Gasteiger charge is -2.24. The molecule has 11 nitrogen and oxygen atoms in total. The highest BCUT2D eigenvalue weighted by molar-refractivity contribution is 7.52. The van der Waals surface area contributed by atoms with Crippen molar-refractivity contribution in [1.29, 1.82) is 0 Å². The molecule has 178 valence electrons. The topological polar surface area (TPSA) is 138 Å². The molecule has 0 saturated heterocycles. The van der Waals surface area contributed by atoms with E-state index >= 15 is 0 Å². The molecule has 2 N–H and O–H groups in total. The number of methoxy groups -OCH3 is 1. The van der Waals surface area contributed by atoms with Gasteiger partial charge < -0.3 is 14.0 Å². The minimum absolute atomic E-state index is 0.198. The maximum absolute atomic E-state index is 13.4. The number of nitrogens with one attached hydrogen (secondary N) is 2. The number of rotatable bonds is 9. The fourth-order valence-electron chi connectivity index (χ4n) is 2.88. The van der Waals surface area contributed by atoms with Crippen LogP contribution in [0.5, 0.6) is 5.75 Å². The number of aromatic nitrogens is 2. The molecule has 4 atom stereocenters. The van der Waals surface area contributed by atoms with Crippen molar-refractivity contribution in [3.63, 3.8) is 0 Å². The lowest BCUT2D eigenvalue weighted by molar-refractivity contribution is -0.142. The zero-order chi connectivity index (χ0) is 24.2. The van der Waals surface area contributed by atoms with Crippen LogP contribution in [0.1, 0.15) is 18.7 Å². The number of halogens is 1. The summed E-state index contributed by atoms with van der Waals surface area (Å²) in [5.41, 5.74) is -0.774. The van der Waals surface area contributed by atoms with Crippen LogP contribution in [0.4, 0.5) is 0 Å². The van der Waals surface area contributed by atoms with E-state index in [2.05, 4.69) is 14.8 Å². The summed E-state index contributed by atoms with van der Waals surface area (Å²) in [6.07, 6.45) is 3.12. The van der Waals surface area contributed by atoms with Crippen molar-refractivity contribution in [3.05, 3.63) is 74.0 Å². The minimum Gasteiger partial charge on any atom is -0.468 e. The molecule has 3 rings (SSSR count). The first-order valence-electron chi connectivity index (χ1n) is 9.81. The highest BCUT2D eigenvalue weighted by Crippen LogP contribution is 2.45. The van der Waals surface area contributed by atoms with Crippen LogP contribution < -0.4 is 20.9 Å². The Kier molecular flexibility index (Phi) is 7.93. The number of esters is 1. The molecule has 1 aromatic carbocycles. The van der Waals surface area contributed by atoms with Crippen LogP contribution in [0.2, 0.25) is 5.02 Å². The first-order chi connectivity index (χ1) is 15.6. The largest absolute Gasteiger partial charge is 0.468 e. The number of carbonyl (C=O) groups is 1. The van der Waals surface area contributed by atoms with Gasteiger partial charge in [0.05, 0.1) is 13.7 Å². The maximum Gasteiger partial charge on any atom is 0.459 e. The molecule has 0 spiro atoms. The van der Waals surface area contributed by atoms with Crippen molar-refractivity contribution in [2.45, 2.75) is 32.2 Å². The summed E-state index contributed by atoms with van der Waals surface area (Å²) in [5.74, 6) is -0.466. The van der Waals surface area contributed by atoms with E-state index in [0.717, 1.165) is 0 Å². The van der Waals surface area contributed by atoms with Gasteiger partial charge in [0, 0.05) is 16.8 Å². The number of carbonyl (C=O) groups excluding carboxylic acids is 1. The summed E-state index contributed by atoms with van der Waals surface area (Å²) in [6.45, 7) is 2.78. The van der Waals surface area contributed by atoms with Crippen LogP contribution in [-0.4, -0.2) is 41.4 Å². The van der Waals surface area contributed by atoms with E-state index in [4.69, 9.17) is 25.4 Å². The highest BCUT2D eigenvalue weighted by atomic mass is 35.5. The number of ether oxygens (including phenoxy) is 2. The predicted molar refractivity (Wildman–Crippen MR) is 119 cm³/mol. The van der Waals surface area contributed by atoms with Gasteiger partial charge in [-0.15, -0.1) is 0 Å². The van der Waals surface area contributed by atoms with Gasteiger partial charge in [-0.25, -0.2) is 9.36 Å². The number of hydrogen-bond donors (Lipinski definition) is 2. The summed E-state index contributed by atoms with van der Waals surface area (Å²) in [7, 11) is -2.87. The Bertz CT molecular complexity index is 1190. The molecular weight excluding hydrogens is 477 g/mol. The number of H-pyrrole nitrogens is 1. The molecule has 1 aromatic heterocycles. The lowest BCUT2D eigenvalue weighted by atomic mass is 10.3. The summed E-state index contributed by atoms with van der Waals surface area (Å²) in [6, 6.07) is 5.08. The van der Waals surface area contributed by atoms with Crippen molar-refractivity contribution >= 4 is 25.3 Å². The van der Waals surface area contributed by atoms with E-state index in [-0.39, 0.29) is 12.4 Å². The third-order valence-electron chi connectivity index (χ3n) is 4.58. The zero-order valence-corrected chi connectivity index (χ0v) is 19.7. The monoisotopic (exact) mass is 499 g/mol.